The maximum absolute atomic E-state index is 13.0. The maximum atomic E-state index is 13.0. The maximum Gasteiger partial charge on any atom is 0.244 e. The fourth-order valence-corrected chi connectivity index (χ4v) is 6.00. The monoisotopic (exact) mass is 454 g/mol. The molecule has 1 aliphatic rings. The third-order valence-electron chi connectivity index (χ3n) is 5.19. The number of ether oxygens (including phenoxy) is 1. The first-order valence-electron chi connectivity index (χ1n) is 9.83. The summed E-state index contributed by atoms with van der Waals surface area (Å²) in [7, 11) is -2.05. The summed E-state index contributed by atoms with van der Waals surface area (Å²) in [6.45, 7) is 1.82. The van der Waals surface area contributed by atoms with E-state index in [0.717, 1.165) is 22.1 Å². The molecule has 2 aromatic carbocycles. The zero-order valence-electron chi connectivity index (χ0n) is 17.1. The van der Waals surface area contributed by atoms with Crippen molar-refractivity contribution in [3.05, 3.63) is 70.7 Å². The zero-order chi connectivity index (χ0) is 21.8. The van der Waals surface area contributed by atoms with Crippen molar-refractivity contribution in [2.24, 2.45) is 0 Å². The summed E-state index contributed by atoms with van der Waals surface area (Å²) in [5, 5.41) is 12.2. The molecule has 0 amide bonds. The van der Waals surface area contributed by atoms with Gasteiger partial charge in [-0.15, -0.1) is 11.3 Å². The Morgan fingerprint density at radius 2 is 1.90 bits per heavy atom. The molecule has 0 N–H and O–H groups in total. The number of methoxy groups -OCH3 is 1. The van der Waals surface area contributed by atoms with Crippen molar-refractivity contribution >= 4 is 26.5 Å². The Balaban J connectivity index is 1.42. The Bertz CT molecular complexity index is 1210. The molecular formula is C22H22N4O3S2. The lowest BCUT2D eigenvalue weighted by atomic mass is 10.1. The second-order valence-electron chi connectivity index (χ2n) is 7.15. The molecule has 0 atom stereocenters. The number of nitriles is 1. The molecule has 31 heavy (non-hydrogen) atoms. The van der Waals surface area contributed by atoms with Crippen molar-refractivity contribution in [2.45, 2.75) is 11.3 Å². The van der Waals surface area contributed by atoms with E-state index in [4.69, 9.17) is 9.72 Å². The third kappa shape index (κ3) is 4.56. The minimum Gasteiger partial charge on any atom is -0.497 e. The molecule has 0 bridgehead atoms. The number of hydrogen-bond acceptors (Lipinski definition) is 7. The van der Waals surface area contributed by atoms with E-state index < -0.39 is 10.0 Å². The third-order valence-corrected chi connectivity index (χ3v) is 8.10. The van der Waals surface area contributed by atoms with Crippen LogP contribution in [0.3, 0.4) is 0 Å². The van der Waals surface area contributed by atoms with Gasteiger partial charge in [0.05, 0.1) is 23.3 Å². The first-order chi connectivity index (χ1) is 15.0. The number of benzene rings is 2. The Morgan fingerprint density at radius 1 is 1.13 bits per heavy atom. The van der Waals surface area contributed by atoms with Gasteiger partial charge in [0, 0.05) is 38.0 Å². The largest absolute Gasteiger partial charge is 0.497 e. The van der Waals surface area contributed by atoms with Crippen molar-refractivity contribution in [1.29, 1.82) is 5.26 Å². The highest BCUT2D eigenvalue weighted by molar-refractivity contribution is 7.89. The number of piperazine rings is 1. The van der Waals surface area contributed by atoms with Crippen LogP contribution in [0.4, 0.5) is 5.13 Å². The summed E-state index contributed by atoms with van der Waals surface area (Å²) in [5.74, 6) is 0.822. The van der Waals surface area contributed by atoms with E-state index in [0.29, 0.717) is 32.6 Å². The Labute approximate surface area is 186 Å². The van der Waals surface area contributed by atoms with Crippen LogP contribution < -0.4 is 9.64 Å². The molecule has 3 aromatic rings. The second kappa shape index (κ2) is 9.06. The van der Waals surface area contributed by atoms with E-state index in [-0.39, 0.29) is 10.5 Å². The lowest BCUT2D eigenvalue weighted by Crippen LogP contribution is -2.48. The summed E-state index contributed by atoms with van der Waals surface area (Å²) in [5.41, 5.74) is 2.28. The number of aromatic nitrogens is 1. The minimum absolute atomic E-state index is 0.0702. The van der Waals surface area contributed by atoms with Crippen LogP contribution in [0, 0.1) is 11.3 Å². The normalized spacial score (nSPS) is 14.9. The van der Waals surface area contributed by atoms with Gasteiger partial charge in [-0.1, -0.05) is 24.3 Å². The molecule has 0 aliphatic carbocycles. The number of thiazole rings is 1. The molecule has 9 heteroatoms. The van der Waals surface area contributed by atoms with Gasteiger partial charge in [-0.3, -0.25) is 0 Å². The Hall–Kier alpha value is -2.93. The molecule has 1 saturated heterocycles. The van der Waals surface area contributed by atoms with Gasteiger partial charge in [0.2, 0.25) is 10.0 Å². The fraction of sp³-hybridized carbons (Fsp3) is 0.273. The lowest BCUT2D eigenvalue weighted by molar-refractivity contribution is 0.384. The van der Waals surface area contributed by atoms with Crippen LogP contribution in [-0.2, 0) is 16.4 Å². The van der Waals surface area contributed by atoms with Gasteiger partial charge in [0.25, 0.3) is 0 Å². The summed E-state index contributed by atoms with van der Waals surface area (Å²) < 4.78 is 32.7. The van der Waals surface area contributed by atoms with Crippen LogP contribution >= 0.6 is 11.3 Å². The van der Waals surface area contributed by atoms with E-state index in [9.17, 15) is 13.7 Å². The molecule has 1 fully saturated rings. The van der Waals surface area contributed by atoms with Crippen molar-refractivity contribution in [1.82, 2.24) is 9.29 Å². The second-order valence-corrected chi connectivity index (χ2v) is 9.89. The standard InChI is InChI=1S/C22H22N4O3S2/c1-29-20-7-4-5-17(14-20)13-19-16-30-22(24-19)25-9-11-26(12-10-25)31(27,28)21-8-3-2-6-18(21)15-23/h2-8,14,16H,9-13H2,1H3. The highest BCUT2D eigenvalue weighted by Gasteiger charge is 2.31. The van der Waals surface area contributed by atoms with Gasteiger partial charge in [0.1, 0.15) is 11.8 Å². The quantitative estimate of drug-likeness (QED) is 0.569. The number of anilines is 1. The molecule has 1 aromatic heterocycles. The minimum atomic E-state index is -3.70. The van der Waals surface area contributed by atoms with Crippen LogP contribution in [0.5, 0.6) is 5.75 Å². The summed E-state index contributed by atoms with van der Waals surface area (Å²) >= 11 is 1.57. The molecule has 0 unspecified atom stereocenters. The molecule has 0 radical (unpaired) electrons. The number of nitrogens with zero attached hydrogens (tertiary/aromatic N) is 4. The van der Waals surface area contributed by atoms with E-state index >= 15 is 0 Å². The van der Waals surface area contributed by atoms with Crippen molar-refractivity contribution in [3.8, 4) is 11.8 Å². The Morgan fingerprint density at radius 3 is 2.65 bits per heavy atom. The number of hydrogen-bond donors (Lipinski definition) is 0. The Kier molecular flexibility index (Phi) is 6.23. The molecule has 1 aliphatic heterocycles. The molecule has 0 saturated carbocycles. The first-order valence-corrected chi connectivity index (χ1v) is 12.1. The predicted molar refractivity (Wildman–Crippen MR) is 120 cm³/mol. The SMILES string of the molecule is COc1cccc(Cc2csc(N3CCN(S(=O)(=O)c4ccccc4C#N)CC3)n2)c1. The van der Waals surface area contributed by atoms with Gasteiger partial charge in [-0.2, -0.15) is 9.57 Å². The van der Waals surface area contributed by atoms with E-state index in [2.05, 4.69) is 4.90 Å². The van der Waals surface area contributed by atoms with Gasteiger partial charge in [0.15, 0.2) is 5.13 Å². The number of rotatable bonds is 6. The summed E-state index contributed by atoms with van der Waals surface area (Å²) in [6, 6.07) is 16.2. The molecule has 0 spiro atoms. The van der Waals surface area contributed by atoms with Crippen LogP contribution in [0.25, 0.3) is 0 Å². The van der Waals surface area contributed by atoms with Gasteiger partial charge >= 0.3 is 0 Å². The molecule has 2 heterocycles. The highest BCUT2D eigenvalue weighted by Crippen LogP contribution is 2.26. The topological polar surface area (TPSA) is 86.5 Å². The van der Waals surface area contributed by atoms with Crippen LogP contribution in [0.1, 0.15) is 16.8 Å². The summed E-state index contributed by atoms with van der Waals surface area (Å²) in [6.07, 6.45) is 0.715. The van der Waals surface area contributed by atoms with Gasteiger partial charge in [-0.05, 0) is 29.8 Å². The average Bonchev–Trinajstić information content (AvgIpc) is 3.27. The lowest BCUT2D eigenvalue weighted by Gasteiger charge is -2.33. The van der Waals surface area contributed by atoms with E-state index in [1.807, 2.05) is 35.7 Å². The van der Waals surface area contributed by atoms with Crippen molar-refractivity contribution in [3.63, 3.8) is 0 Å². The first kappa shape index (κ1) is 21.3. The zero-order valence-corrected chi connectivity index (χ0v) is 18.7. The molecule has 4 rings (SSSR count). The number of sulfonamides is 1. The van der Waals surface area contributed by atoms with Crippen molar-refractivity contribution < 1.29 is 13.2 Å². The molecular weight excluding hydrogens is 432 g/mol. The van der Waals surface area contributed by atoms with E-state index in [1.165, 1.54) is 16.4 Å². The highest BCUT2D eigenvalue weighted by atomic mass is 32.2. The average molecular weight is 455 g/mol. The van der Waals surface area contributed by atoms with Crippen molar-refractivity contribution in [2.75, 3.05) is 38.2 Å². The van der Waals surface area contributed by atoms with Gasteiger partial charge < -0.3 is 9.64 Å². The molecule has 7 nitrogen and oxygen atoms in total. The van der Waals surface area contributed by atoms with Crippen LogP contribution in [0.15, 0.2) is 58.8 Å². The molecule has 160 valence electrons. The van der Waals surface area contributed by atoms with Crippen LogP contribution in [-0.4, -0.2) is 51.0 Å². The smallest absolute Gasteiger partial charge is 0.244 e. The fourth-order valence-electron chi connectivity index (χ4n) is 3.56. The van der Waals surface area contributed by atoms with E-state index in [1.54, 1.807) is 30.6 Å². The predicted octanol–water partition coefficient (Wildman–Crippen LogP) is 3.13. The van der Waals surface area contributed by atoms with Gasteiger partial charge in [-0.25, -0.2) is 13.4 Å². The summed E-state index contributed by atoms with van der Waals surface area (Å²) in [4.78, 5) is 6.93. The van der Waals surface area contributed by atoms with Crippen LogP contribution in [0.2, 0.25) is 0 Å².